The topological polar surface area (TPSA) is 37.4 Å². The second-order valence-electron chi connectivity index (χ2n) is 7.06. The van der Waals surface area contributed by atoms with Crippen LogP contribution in [0.1, 0.15) is 45.1 Å². The van der Waals surface area contributed by atoms with Crippen molar-refractivity contribution in [2.24, 2.45) is 11.3 Å². The Bertz CT molecular complexity index is 623. The molecule has 1 heterocycles. The van der Waals surface area contributed by atoms with Gasteiger partial charge in [-0.15, -0.1) is 0 Å². The van der Waals surface area contributed by atoms with Crippen LogP contribution in [-0.4, -0.2) is 25.3 Å². The zero-order chi connectivity index (χ0) is 15.3. The third kappa shape index (κ3) is 2.33. The Morgan fingerprint density at radius 3 is 2.52 bits per heavy atom. The molecule has 4 heteroatoms. The number of nitrogens with zero attached hydrogens (tertiary/aromatic N) is 1. The van der Waals surface area contributed by atoms with Crippen molar-refractivity contribution in [3.05, 3.63) is 29.8 Å². The van der Waals surface area contributed by atoms with Crippen molar-refractivity contribution in [1.82, 2.24) is 4.31 Å². The fraction of sp³-hybridized carbons (Fsp3) is 0.647. The third-order valence-corrected chi connectivity index (χ3v) is 7.65. The van der Waals surface area contributed by atoms with Crippen molar-refractivity contribution >= 4 is 10.0 Å². The highest BCUT2D eigenvalue weighted by Gasteiger charge is 2.53. The van der Waals surface area contributed by atoms with Gasteiger partial charge in [0.2, 0.25) is 10.0 Å². The molecule has 1 aliphatic heterocycles. The summed E-state index contributed by atoms with van der Waals surface area (Å²) in [6.45, 7) is 7.14. The van der Waals surface area contributed by atoms with Gasteiger partial charge in [0, 0.05) is 12.6 Å². The molecule has 1 aromatic rings. The fourth-order valence-corrected chi connectivity index (χ4v) is 5.96. The molecule has 0 radical (unpaired) electrons. The maximum absolute atomic E-state index is 13.0. The van der Waals surface area contributed by atoms with Crippen LogP contribution in [0.5, 0.6) is 0 Å². The molecule has 0 amide bonds. The van der Waals surface area contributed by atoms with Gasteiger partial charge in [-0.2, -0.15) is 4.31 Å². The minimum absolute atomic E-state index is 0.149. The molecule has 1 saturated carbocycles. The molecule has 1 aliphatic carbocycles. The number of hydrogen-bond donors (Lipinski definition) is 0. The number of benzene rings is 1. The molecule has 1 saturated heterocycles. The second kappa shape index (κ2) is 5.10. The van der Waals surface area contributed by atoms with E-state index in [1.807, 2.05) is 19.1 Å². The standard InChI is InChI=1S/C17H25NO2S/c1-13-7-9-15(10-8-13)21(19,20)18-12-14(2)17(3)11-5-4-6-16(17)18/h7-10,14,16H,4-6,11-12H2,1-3H3/t14-,16+,17+/m0/s1. The molecule has 3 rings (SSSR count). The summed E-state index contributed by atoms with van der Waals surface area (Å²) in [6.07, 6.45) is 4.54. The normalized spacial score (nSPS) is 33.9. The van der Waals surface area contributed by atoms with Crippen LogP contribution in [0.2, 0.25) is 0 Å². The van der Waals surface area contributed by atoms with E-state index in [9.17, 15) is 8.42 Å². The molecule has 0 unspecified atom stereocenters. The molecule has 0 spiro atoms. The zero-order valence-corrected chi connectivity index (χ0v) is 14.0. The van der Waals surface area contributed by atoms with Gasteiger partial charge < -0.3 is 0 Å². The van der Waals surface area contributed by atoms with Gasteiger partial charge in [0.15, 0.2) is 0 Å². The van der Waals surface area contributed by atoms with Gasteiger partial charge in [-0.25, -0.2) is 8.42 Å². The lowest BCUT2D eigenvalue weighted by atomic mass is 9.68. The summed E-state index contributed by atoms with van der Waals surface area (Å²) in [5, 5.41) is 0. The molecule has 0 bridgehead atoms. The average Bonchev–Trinajstić information content (AvgIpc) is 2.72. The van der Waals surface area contributed by atoms with Crippen LogP contribution < -0.4 is 0 Å². The molecule has 1 aromatic carbocycles. The number of aryl methyl sites for hydroxylation is 1. The van der Waals surface area contributed by atoms with Crippen molar-refractivity contribution in [3.8, 4) is 0 Å². The first-order chi connectivity index (χ1) is 9.85. The Morgan fingerprint density at radius 1 is 1.19 bits per heavy atom. The van der Waals surface area contributed by atoms with Gasteiger partial charge in [-0.05, 0) is 43.2 Å². The summed E-state index contributed by atoms with van der Waals surface area (Å²) in [5.41, 5.74) is 1.24. The lowest BCUT2D eigenvalue weighted by molar-refractivity contribution is 0.130. The van der Waals surface area contributed by atoms with E-state index >= 15 is 0 Å². The van der Waals surface area contributed by atoms with Crippen molar-refractivity contribution in [1.29, 1.82) is 0 Å². The Balaban J connectivity index is 1.98. The van der Waals surface area contributed by atoms with Crippen LogP contribution >= 0.6 is 0 Å². The summed E-state index contributed by atoms with van der Waals surface area (Å²) < 4.78 is 27.8. The van der Waals surface area contributed by atoms with Crippen LogP contribution in [0.15, 0.2) is 29.2 Å². The molecule has 2 aliphatic rings. The van der Waals surface area contributed by atoms with Gasteiger partial charge in [0.1, 0.15) is 0 Å². The summed E-state index contributed by atoms with van der Waals surface area (Å²) in [4.78, 5) is 0.440. The first kappa shape index (κ1) is 15.0. The van der Waals surface area contributed by atoms with Crippen LogP contribution in [0.3, 0.4) is 0 Å². The van der Waals surface area contributed by atoms with Gasteiger partial charge in [-0.3, -0.25) is 0 Å². The Hall–Kier alpha value is -0.870. The SMILES string of the molecule is Cc1ccc(S(=O)(=O)N2C[C@H](C)[C@@]3(C)CCCC[C@@H]23)cc1. The van der Waals surface area contributed by atoms with E-state index in [1.54, 1.807) is 16.4 Å². The maximum atomic E-state index is 13.0. The predicted molar refractivity (Wildman–Crippen MR) is 84.6 cm³/mol. The Morgan fingerprint density at radius 2 is 1.86 bits per heavy atom. The monoisotopic (exact) mass is 307 g/mol. The van der Waals surface area contributed by atoms with Crippen LogP contribution in [0, 0.1) is 18.3 Å². The number of rotatable bonds is 2. The fourth-order valence-electron chi connectivity index (χ4n) is 4.10. The van der Waals surface area contributed by atoms with E-state index in [-0.39, 0.29) is 11.5 Å². The largest absolute Gasteiger partial charge is 0.243 e. The summed E-state index contributed by atoms with van der Waals surface area (Å²) in [7, 11) is -3.36. The van der Waals surface area contributed by atoms with Crippen LogP contribution in [-0.2, 0) is 10.0 Å². The van der Waals surface area contributed by atoms with E-state index < -0.39 is 10.0 Å². The number of fused-ring (bicyclic) bond motifs is 1. The van der Waals surface area contributed by atoms with E-state index in [0.717, 1.165) is 24.8 Å². The molecule has 2 fully saturated rings. The summed E-state index contributed by atoms with van der Waals surface area (Å²) in [5.74, 6) is 0.433. The molecule has 0 N–H and O–H groups in total. The molecule has 3 atom stereocenters. The van der Waals surface area contributed by atoms with Crippen molar-refractivity contribution in [2.75, 3.05) is 6.54 Å². The highest BCUT2D eigenvalue weighted by atomic mass is 32.2. The Labute approximate surface area is 128 Å². The molecule has 0 aromatic heterocycles. The predicted octanol–water partition coefficient (Wildman–Crippen LogP) is 3.58. The van der Waals surface area contributed by atoms with Crippen molar-refractivity contribution < 1.29 is 8.42 Å². The van der Waals surface area contributed by atoms with Crippen LogP contribution in [0.25, 0.3) is 0 Å². The Kier molecular flexibility index (Phi) is 3.65. The van der Waals surface area contributed by atoms with E-state index in [4.69, 9.17) is 0 Å². The molecular formula is C17H25NO2S. The zero-order valence-electron chi connectivity index (χ0n) is 13.2. The third-order valence-electron chi connectivity index (χ3n) is 5.76. The minimum Gasteiger partial charge on any atom is -0.207 e. The highest BCUT2D eigenvalue weighted by molar-refractivity contribution is 7.89. The van der Waals surface area contributed by atoms with Crippen molar-refractivity contribution in [2.45, 2.75) is 57.4 Å². The smallest absolute Gasteiger partial charge is 0.207 e. The first-order valence-corrected chi connectivity index (χ1v) is 9.38. The van der Waals surface area contributed by atoms with Gasteiger partial charge in [0.05, 0.1) is 4.90 Å². The quantitative estimate of drug-likeness (QED) is 0.837. The number of hydrogen-bond acceptors (Lipinski definition) is 2. The molecular weight excluding hydrogens is 282 g/mol. The second-order valence-corrected chi connectivity index (χ2v) is 8.95. The van der Waals surface area contributed by atoms with Gasteiger partial charge in [0.25, 0.3) is 0 Å². The van der Waals surface area contributed by atoms with Crippen LogP contribution in [0.4, 0.5) is 0 Å². The minimum atomic E-state index is -3.36. The summed E-state index contributed by atoms with van der Waals surface area (Å²) >= 11 is 0. The first-order valence-electron chi connectivity index (χ1n) is 7.94. The van der Waals surface area contributed by atoms with E-state index in [1.165, 1.54) is 6.42 Å². The molecule has 3 nitrogen and oxygen atoms in total. The maximum Gasteiger partial charge on any atom is 0.243 e. The highest BCUT2D eigenvalue weighted by Crippen LogP contribution is 2.51. The lowest BCUT2D eigenvalue weighted by Crippen LogP contribution is -2.43. The summed E-state index contributed by atoms with van der Waals surface area (Å²) in [6, 6.07) is 7.42. The molecule has 116 valence electrons. The average molecular weight is 307 g/mol. The van der Waals surface area contributed by atoms with Gasteiger partial charge >= 0.3 is 0 Å². The van der Waals surface area contributed by atoms with E-state index in [0.29, 0.717) is 17.4 Å². The van der Waals surface area contributed by atoms with Crippen molar-refractivity contribution in [3.63, 3.8) is 0 Å². The number of sulfonamides is 1. The van der Waals surface area contributed by atoms with E-state index in [2.05, 4.69) is 13.8 Å². The molecule has 21 heavy (non-hydrogen) atoms. The lowest BCUT2D eigenvalue weighted by Gasteiger charge is -2.40. The van der Waals surface area contributed by atoms with Gasteiger partial charge in [-0.1, -0.05) is 44.4 Å².